The largest absolute Gasteiger partial charge is 0.480 e. The first-order valence-electron chi connectivity index (χ1n) is 8.89. The molecule has 0 aromatic rings. The second-order valence-electron chi connectivity index (χ2n) is 8.97. The van der Waals surface area contributed by atoms with Gasteiger partial charge < -0.3 is 10.4 Å². The molecular formula is C18H30N2O3. The third-order valence-electron chi connectivity index (χ3n) is 6.79. The number of nitrogens with one attached hydrogen (secondary N) is 1. The average molecular weight is 322 g/mol. The van der Waals surface area contributed by atoms with Crippen LogP contribution in [0.4, 0.5) is 0 Å². The summed E-state index contributed by atoms with van der Waals surface area (Å²) < 4.78 is 0. The molecule has 1 amide bonds. The van der Waals surface area contributed by atoms with E-state index < -0.39 is 5.97 Å². The van der Waals surface area contributed by atoms with Crippen molar-refractivity contribution in [1.82, 2.24) is 10.2 Å². The topological polar surface area (TPSA) is 69.6 Å². The molecule has 0 aliphatic heterocycles. The summed E-state index contributed by atoms with van der Waals surface area (Å²) in [4.78, 5) is 25.6. The Morgan fingerprint density at radius 1 is 1.13 bits per heavy atom. The van der Waals surface area contributed by atoms with Gasteiger partial charge in [0, 0.05) is 24.5 Å². The molecule has 0 spiro atoms. The average Bonchev–Trinajstić information content (AvgIpc) is 3.21. The summed E-state index contributed by atoms with van der Waals surface area (Å²) in [5, 5.41) is 12.3. The molecule has 130 valence electrons. The Kier molecular flexibility index (Phi) is 3.98. The summed E-state index contributed by atoms with van der Waals surface area (Å²) in [5.74, 6) is 0.210. The minimum Gasteiger partial charge on any atom is -0.480 e. The van der Waals surface area contributed by atoms with Crippen molar-refractivity contribution < 1.29 is 14.7 Å². The second-order valence-corrected chi connectivity index (χ2v) is 8.97. The van der Waals surface area contributed by atoms with Crippen LogP contribution >= 0.6 is 0 Å². The normalized spacial score (nSPS) is 31.5. The summed E-state index contributed by atoms with van der Waals surface area (Å²) in [5.41, 5.74) is 0.142. The Labute approximate surface area is 138 Å². The van der Waals surface area contributed by atoms with Crippen molar-refractivity contribution in [3.63, 3.8) is 0 Å². The van der Waals surface area contributed by atoms with Crippen LogP contribution in [0.3, 0.4) is 0 Å². The predicted octanol–water partition coefficient (Wildman–Crippen LogP) is 2.11. The van der Waals surface area contributed by atoms with Crippen molar-refractivity contribution >= 4 is 11.9 Å². The number of hydrogen-bond acceptors (Lipinski definition) is 3. The van der Waals surface area contributed by atoms with Crippen molar-refractivity contribution in [1.29, 1.82) is 0 Å². The van der Waals surface area contributed by atoms with E-state index in [0.717, 1.165) is 19.4 Å². The van der Waals surface area contributed by atoms with E-state index in [1.54, 1.807) is 0 Å². The molecule has 5 heteroatoms. The zero-order chi connectivity index (χ0) is 17.0. The molecule has 3 rings (SSSR count). The first kappa shape index (κ1) is 16.7. The number of hydrogen-bond donors (Lipinski definition) is 2. The van der Waals surface area contributed by atoms with E-state index in [9.17, 15) is 9.59 Å². The van der Waals surface area contributed by atoms with Gasteiger partial charge in [0.1, 0.15) is 0 Å². The SMILES string of the molecule is CC1(C)C(C(=O)NC2CC(N(CC(=O)O)CC3CC3)C2)C1(C)C. The standard InChI is InChI=1S/C18H30N2O3/c1-17(2)15(18(17,3)4)16(23)19-12-7-13(8-12)20(10-14(21)22)9-11-5-6-11/h11-13,15H,5-10H2,1-4H3,(H,19,23)(H,21,22). The molecule has 3 aliphatic rings. The highest BCUT2D eigenvalue weighted by Crippen LogP contribution is 2.68. The molecule has 23 heavy (non-hydrogen) atoms. The maximum absolute atomic E-state index is 12.5. The zero-order valence-corrected chi connectivity index (χ0v) is 14.8. The second kappa shape index (κ2) is 5.47. The maximum atomic E-state index is 12.5. The lowest BCUT2D eigenvalue weighted by Crippen LogP contribution is -2.55. The molecule has 0 radical (unpaired) electrons. The van der Waals surface area contributed by atoms with Crippen LogP contribution in [0.1, 0.15) is 53.4 Å². The number of carbonyl (C=O) groups is 2. The number of amides is 1. The van der Waals surface area contributed by atoms with Gasteiger partial charge >= 0.3 is 5.97 Å². The molecule has 5 nitrogen and oxygen atoms in total. The van der Waals surface area contributed by atoms with Crippen LogP contribution in [0.15, 0.2) is 0 Å². The Bertz CT molecular complexity index is 490. The summed E-state index contributed by atoms with van der Waals surface area (Å²) in [7, 11) is 0. The molecule has 0 aromatic carbocycles. The Morgan fingerprint density at radius 3 is 2.13 bits per heavy atom. The minimum absolute atomic E-state index is 0.0710. The highest BCUT2D eigenvalue weighted by Gasteiger charge is 2.68. The predicted molar refractivity (Wildman–Crippen MR) is 87.9 cm³/mol. The van der Waals surface area contributed by atoms with Crippen LogP contribution < -0.4 is 5.32 Å². The van der Waals surface area contributed by atoms with Crippen LogP contribution in [0.25, 0.3) is 0 Å². The summed E-state index contributed by atoms with van der Waals surface area (Å²) in [6, 6.07) is 0.535. The number of aliphatic carboxylic acids is 1. The van der Waals surface area contributed by atoms with Gasteiger partial charge in [0.2, 0.25) is 5.91 Å². The molecule has 0 saturated heterocycles. The van der Waals surface area contributed by atoms with Crippen LogP contribution in [-0.2, 0) is 9.59 Å². The third kappa shape index (κ3) is 3.12. The highest BCUT2D eigenvalue weighted by atomic mass is 16.4. The first-order valence-corrected chi connectivity index (χ1v) is 8.89. The fourth-order valence-corrected chi connectivity index (χ4v) is 4.29. The van der Waals surface area contributed by atoms with Gasteiger partial charge in [-0.05, 0) is 42.4 Å². The third-order valence-corrected chi connectivity index (χ3v) is 6.79. The van der Waals surface area contributed by atoms with E-state index in [1.165, 1.54) is 12.8 Å². The fourth-order valence-electron chi connectivity index (χ4n) is 4.29. The summed E-state index contributed by atoms with van der Waals surface area (Å²) in [6.07, 6.45) is 4.24. The Balaban J connectivity index is 1.46. The van der Waals surface area contributed by atoms with Gasteiger partial charge in [-0.1, -0.05) is 27.7 Å². The van der Waals surface area contributed by atoms with Gasteiger partial charge in [-0.15, -0.1) is 0 Å². The van der Waals surface area contributed by atoms with Crippen LogP contribution in [0.5, 0.6) is 0 Å². The Morgan fingerprint density at radius 2 is 1.70 bits per heavy atom. The lowest BCUT2D eigenvalue weighted by Gasteiger charge is -2.42. The molecule has 2 N–H and O–H groups in total. The molecule has 3 saturated carbocycles. The zero-order valence-electron chi connectivity index (χ0n) is 14.8. The summed E-state index contributed by atoms with van der Waals surface area (Å²) >= 11 is 0. The molecule has 0 aromatic heterocycles. The molecule has 0 bridgehead atoms. The van der Waals surface area contributed by atoms with Gasteiger partial charge in [-0.2, -0.15) is 0 Å². The number of carbonyl (C=O) groups excluding carboxylic acids is 1. The lowest BCUT2D eigenvalue weighted by molar-refractivity contribution is -0.140. The Hall–Kier alpha value is -1.10. The van der Waals surface area contributed by atoms with Gasteiger partial charge in [-0.3, -0.25) is 14.5 Å². The van der Waals surface area contributed by atoms with Crippen molar-refractivity contribution in [2.24, 2.45) is 22.7 Å². The van der Waals surface area contributed by atoms with Gasteiger partial charge in [0.15, 0.2) is 0 Å². The van der Waals surface area contributed by atoms with E-state index in [0.29, 0.717) is 12.0 Å². The smallest absolute Gasteiger partial charge is 0.317 e. The van der Waals surface area contributed by atoms with Crippen molar-refractivity contribution in [3.8, 4) is 0 Å². The number of carboxylic acid groups (broad SMARTS) is 1. The van der Waals surface area contributed by atoms with Crippen LogP contribution in [-0.4, -0.2) is 47.1 Å². The van der Waals surface area contributed by atoms with Crippen molar-refractivity contribution in [2.75, 3.05) is 13.1 Å². The summed E-state index contributed by atoms with van der Waals surface area (Å²) in [6.45, 7) is 9.66. The maximum Gasteiger partial charge on any atom is 0.317 e. The van der Waals surface area contributed by atoms with Crippen LogP contribution in [0.2, 0.25) is 0 Å². The molecule has 3 aliphatic carbocycles. The van der Waals surface area contributed by atoms with Crippen LogP contribution in [0, 0.1) is 22.7 Å². The molecular weight excluding hydrogens is 292 g/mol. The highest BCUT2D eigenvalue weighted by molar-refractivity contribution is 5.84. The van der Waals surface area contributed by atoms with Crippen molar-refractivity contribution in [3.05, 3.63) is 0 Å². The van der Waals surface area contributed by atoms with Crippen molar-refractivity contribution in [2.45, 2.75) is 65.5 Å². The first-order chi connectivity index (χ1) is 10.6. The van der Waals surface area contributed by atoms with E-state index in [-0.39, 0.29) is 35.2 Å². The number of nitrogens with zero attached hydrogens (tertiary/aromatic N) is 1. The van der Waals surface area contributed by atoms with E-state index in [2.05, 4.69) is 37.9 Å². The number of carboxylic acids is 1. The molecule has 3 fully saturated rings. The fraction of sp³-hybridized carbons (Fsp3) is 0.889. The molecule has 0 atom stereocenters. The van der Waals surface area contributed by atoms with E-state index >= 15 is 0 Å². The van der Waals surface area contributed by atoms with E-state index in [1.807, 2.05) is 0 Å². The minimum atomic E-state index is -0.750. The van der Waals surface area contributed by atoms with Gasteiger partial charge in [-0.25, -0.2) is 0 Å². The van der Waals surface area contributed by atoms with Gasteiger partial charge in [0.25, 0.3) is 0 Å². The lowest BCUT2D eigenvalue weighted by atomic mass is 9.85. The molecule has 0 heterocycles. The van der Waals surface area contributed by atoms with E-state index in [4.69, 9.17) is 5.11 Å². The van der Waals surface area contributed by atoms with Gasteiger partial charge in [0.05, 0.1) is 6.54 Å². The number of rotatable bonds is 7. The molecule has 0 unspecified atom stereocenters. The monoisotopic (exact) mass is 322 g/mol. The quantitative estimate of drug-likeness (QED) is 0.753.